The lowest BCUT2D eigenvalue weighted by Gasteiger charge is -2.34. The highest BCUT2D eigenvalue weighted by Crippen LogP contribution is 2.13. The molecule has 0 spiro atoms. The molecule has 1 saturated heterocycles. The number of halogens is 1. The van der Waals surface area contributed by atoms with Crippen LogP contribution in [0, 0.1) is 5.92 Å². The molecule has 1 aliphatic rings. The third kappa shape index (κ3) is 7.48. The zero-order valence-corrected chi connectivity index (χ0v) is 17.2. The molecule has 1 heterocycles. The summed E-state index contributed by atoms with van der Waals surface area (Å²) in [5.74, 6) is -0.215. The maximum atomic E-state index is 12.3. The minimum Gasteiger partial charge on any atom is -0.467 e. The molecule has 27 heavy (non-hydrogen) atoms. The highest BCUT2D eigenvalue weighted by molar-refractivity contribution is 6.30. The van der Waals surface area contributed by atoms with Gasteiger partial charge < -0.3 is 10.1 Å². The molecule has 1 N–H and O–H groups in total. The monoisotopic (exact) mass is 395 g/mol. The maximum absolute atomic E-state index is 12.3. The van der Waals surface area contributed by atoms with Crippen LogP contribution in [0.4, 0.5) is 0 Å². The molecular formula is C20H30ClN3O3. The summed E-state index contributed by atoms with van der Waals surface area (Å²) in [5, 5.41) is 3.57. The van der Waals surface area contributed by atoms with Gasteiger partial charge in [-0.15, -0.1) is 0 Å². The highest BCUT2D eigenvalue weighted by atomic mass is 35.5. The summed E-state index contributed by atoms with van der Waals surface area (Å²) in [4.78, 5) is 28.7. The Kier molecular flexibility index (Phi) is 8.54. The number of piperazine rings is 1. The molecule has 1 aromatic carbocycles. The van der Waals surface area contributed by atoms with Crippen LogP contribution in [0.2, 0.25) is 5.02 Å². The fraction of sp³-hybridized carbons (Fsp3) is 0.600. The van der Waals surface area contributed by atoms with E-state index in [9.17, 15) is 9.59 Å². The van der Waals surface area contributed by atoms with Crippen LogP contribution in [0.15, 0.2) is 24.3 Å². The second kappa shape index (κ2) is 10.6. The first-order valence-electron chi connectivity index (χ1n) is 9.43. The molecule has 150 valence electrons. The van der Waals surface area contributed by atoms with E-state index in [4.69, 9.17) is 16.3 Å². The fourth-order valence-electron chi connectivity index (χ4n) is 3.22. The number of methoxy groups -OCH3 is 1. The van der Waals surface area contributed by atoms with Crippen molar-refractivity contribution in [3.05, 3.63) is 34.9 Å². The van der Waals surface area contributed by atoms with Crippen molar-refractivity contribution in [3.8, 4) is 0 Å². The van der Waals surface area contributed by atoms with Gasteiger partial charge in [-0.05, 0) is 30.0 Å². The van der Waals surface area contributed by atoms with E-state index in [0.717, 1.165) is 37.7 Å². The Hall–Kier alpha value is -1.63. The fourth-order valence-corrected chi connectivity index (χ4v) is 3.35. The van der Waals surface area contributed by atoms with E-state index in [0.29, 0.717) is 18.9 Å². The van der Waals surface area contributed by atoms with Crippen LogP contribution in [0.25, 0.3) is 0 Å². The molecule has 0 aromatic heterocycles. The van der Waals surface area contributed by atoms with E-state index in [2.05, 4.69) is 15.1 Å². The third-order valence-corrected chi connectivity index (χ3v) is 4.93. The molecule has 1 fully saturated rings. The molecule has 1 aromatic rings. The summed E-state index contributed by atoms with van der Waals surface area (Å²) >= 11 is 5.93. The van der Waals surface area contributed by atoms with Crippen molar-refractivity contribution < 1.29 is 14.3 Å². The normalized spacial score (nSPS) is 16.9. The summed E-state index contributed by atoms with van der Waals surface area (Å²) in [6.45, 7) is 8.69. The summed E-state index contributed by atoms with van der Waals surface area (Å²) in [5.41, 5.74) is 1.24. The SMILES string of the molecule is COC(=O)[C@@H](CC(C)C)NC(=O)CN1CCN(Cc2ccc(Cl)cc2)CC1. The van der Waals surface area contributed by atoms with Crippen LogP contribution in [-0.2, 0) is 20.9 Å². The number of carbonyl (C=O) groups is 2. The van der Waals surface area contributed by atoms with Gasteiger partial charge in [0.05, 0.1) is 13.7 Å². The van der Waals surface area contributed by atoms with Crippen LogP contribution in [0.3, 0.4) is 0 Å². The minimum absolute atomic E-state index is 0.128. The number of nitrogens with zero attached hydrogens (tertiary/aromatic N) is 2. The van der Waals surface area contributed by atoms with E-state index < -0.39 is 6.04 Å². The maximum Gasteiger partial charge on any atom is 0.328 e. The third-order valence-electron chi connectivity index (χ3n) is 4.68. The van der Waals surface area contributed by atoms with Gasteiger partial charge in [0.2, 0.25) is 5.91 Å². The smallest absolute Gasteiger partial charge is 0.328 e. The number of ether oxygens (including phenoxy) is 1. The molecule has 1 atom stereocenters. The molecule has 0 radical (unpaired) electrons. The molecule has 0 aliphatic carbocycles. The largest absolute Gasteiger partial charge is 0.467 e. The Morgan fingerprint density at radius 3 is 2.26 bits per heavy atom. The average molecular weight is 396 g/mol. The Morgan fingerprint density at radius 2 is 1.70 bits per heavy atom. The average Bonchev–Trinajstić information content (AvgIpc) is 2.63. The highest BCUT2D eigenvalue weighted by Gasteiger charge is 2.24. The van der Waals surface area contributed by atoms with E-state index in [1.54, 1.807) is 0 Å². The second-order valence-electron chi connectivity index (χ2n) is 7.45. The van der Waals surface area contributed by atoms with Crippen LogP contribution in [-0.4, -0.2) is 67.6 Å². The predicted molar refractivity (Wildman–Crippen MR) is 107 cm³/mol. The van der Waals surface area contributed by atoms with Crippen molar-refractivity contribution in [1.82, 2.24) is 15.1 Å². The van der Waals surface area contributed by atoms with Crippen molar-refractivity contribution in [2.75, 3.05) is 39.8 Å². The number of nitrogens with one attached hydrogen (secondary N) is 1. The number of carbonyl (C=O) groups excluding carboxylic acids is 2. The number of hydrogen-bond donors (Lipinski definition) is 1. The Balaban J connectivity index is 1.76. The quantitative estimate of drug-likeness (QED) is 0.683. The Morgan fingerprint density at radius 1 is 1.11 bits per heavy atom. The van der Waals surface area contributed by atoms with Gasteiger partial charge in [-0.1, -0.05) is 37.6 Å². The van der Waals surface area contributed by atoms with E-state index in [1.165, 1.54) is 12.7 Å². The lowest BCUT2D eigenvalue weighted by molar-refractivity contribution is -0.145. The Bertz CT molecular complexity index is 613. The number of hydrogen-bond acceptors (Lipinski definition) is 5. The summed E-state index contributed by atoms with van der Waals surface area (Å²) < 4.78 is 4.80. The molecule has 7 heteroatoms. The van der Waals surface area contributed by atoms with Crippen LogP contribution in [0.1, 0.15) is 25.8 Å². The number of benzene rings is 1. The van der Waals surface area contributed by atoms with Crippen molar-refractivity contribution in [1.29, 1.82) is 0 Å². The first-order valence-corrected chi connectivity index (χ1v) is 9.81. The van der Waals surface area contributed by atoms with Gasteiger partial charge in [-0.3, -0.25) is 14.6 Å². The lowest BCUT2D eigenvalue weighted by atomic mass is 10.0. The molecule has 1 amide bonds. The standard InChI is InChI=1S/C20H30ClN3O3/c1-15(2)12-18(20(26)27-3)22-19(25)14-24-10-8-23(9-11-24)13-16-4-6-17(21)7-5-16/h4-7,15,18H,8-14H2,1-3H3,(H,22,25)/t18-/m1/s1. The first kappa shape index (κ1) is 21.7. The molecule has 6 nitrogen and oxygen atoms in total. The van der Waals surface area contributed by atoms with Gasteiger partial charge in [-0.25, -0.2) is 4.79 Å². The number of esters is 1. The van der Waals surface area contributed by atoms with Crippen molar-refractivity contribution in [2.45, 2.75) is 32.9 Å². The van der Waals surface area contributed by atoms with Crippen molar-refractivity contribution in [3.63, 3.8) is 0 Å². The van der Waals surface area contributed by atoms with Crippen molar-refractivity contribution >= 4 is 23.5 Å². The minimum atomic E-state index is -0.575. The zero-order chi connectivity index (χ0) is 19.8. The van der Waals surface area contributed by atoms with Gasteiger partial charge in [0.15, 0.2) is 0 Å². The molecule has 0 saturated carbocycles. The summed E-state index contributed by atoms with van der Waals surface area (Å²) in [7, 11) is 1.35. The van der Waals surface area contributed by atoms with Gasteiger partial charge in [0, 0.05) is 37.7 Å². The summed E-state index contributed by atoms with van der Waals surface area (Å²) in [6.07, 6.45) is 0.577. The van der Waals surface area contributed by atoms with Gasteiger partial charge in [0.1, 0.15) is 6.04 Å². The van der Waals surface area contributed by atoms with E-state index >= 15 is 0 Å². The van der Waals surface area contributed by atoms with Crippen LogP contribution >= 0.6 is 11.6 Å². The molecule has 2 rings (SSSR count). The predicted octanol–water partition coefficient (Wildman–Crippen LogP) is 2.16. The van der Waals surface area contributed by atoms with E-state index in [-0.39, 0.29) is 11.9 Å². The van der Waals surface area contributed by atoms with E-state index in [1.807, 2.05) is 38.1 Å². The second-order valence-corrected chi connectivity index (χ2v) is 7.89. The molecular weight excluding hydrogens is 366 g/mol. The lowest BCUT2D eigenvalue weighted by Crippen LogP contribution is -2.51. The van der Waals surface area contributed by atoms with Crippen LogP contribution in [0.5, 0.6) is 0 Å². The molecule has 0 bridgehead atoms. The molecule has 1 aliphatic heterocycles. The van der Waals surface area contributed by atoms with Crippen LogP contribution < -0.4 is 5.32 Å². The summed E-state index contributed by atoms with van der Waals surface area (Å²) in [6, 6.07) is 7.33. The van der Waals surface area contributed by atoms with Gasteiger partial charge >= 0.3 is 5.97 Å². The van der Waals surface area contributed by atoms with Gasteiger partial charge in [0.25, 0.3) is 0 Å². The Labute approximate surface area is 166 Å². The van der Waals surface area contributed by atoms with Crippen molar-refractivity contribution in [2.24, 2.45) is 5.92 Å². The topological polar surface area (TPSA) is 61.9 Å². The number of rotatable bonds is 8. The van der Waals surface area contributed by atoms with Gasteiger partial charge in [-0.2, -0.15) is 0 Å². The first-order chi connectivity index (χ1) is 12.9. The number of amides is 1. The zero-order valence-electron chi connectivity index (χ0n) is 16.4. The molecule has 0 unspecified atom stereocenters.